The third-order valence-electron chi connectivity index (χ3n) is 2.26. The van der Waals surface area contributed by atoms with E-state index in [9.17, 15) is 0 Å². The van der Waals surface area contributed by atoms with Crippen LogP contribution in [-0.2, 0) is 6.54 Å². The van der Waals surface area contributed by atoms with Crippen molar-refractivity contribution >= 4 is 27.5 Å². The third-order valence-corrected chi connectivity index (χ3v) is 3.21. The van der Waals surface area contributed by atoms with E-state index >= 15 is 0 Å². The largest absolute Gasteiger partial charge is 0.489 e. The van der Waals surface area contributed by atoms with Crippen molar-refractivity contribution in [3.8, 4) is 5.75 Å². The van der Waals surface area contributed by atoms with Gasteiger partial charge in [-0.05, 0) is 50.6 Å². The van der Waals surface area contributed by atoms with Crippen LogP contribution in [0.3, 0.4) is 0 Å². The predicted octanol–water partition coefficient (Wildman–Crippen LogP) is 4.47. The molecular formula is C14H19BrClNO. The van der Waals surface area contributed by atoms with Gasteiger partial charge in [-0.15, -0.1) is 0 Å². The van der Waals surface area contributed by atoms with Crippen LogP contribution in [0.4, 0.5) is 0 Å². The molecule has 1 aromatic rings. The Morgan fingerprint density at radius 2 is 2.11 bits per heavy atom. The fraction of sp³-hybridized carbons (Fsp3) is 0.429. The van der Waals surface area contributed by atoms with Crippen molar-refractivity contribution in [2.75, 3.05) is 6.61 Å². The molecule has 4 heteroatoms. The standard InChI is InChI=1S/C14H19BrClNO/c1-14(2,3)17-10-11-9-12(5-6-13(11)15)18-8-4-7-16/h4-7,9,17H,8,10H2,1-3H3/b7-4+. The molecule has 0 radical (unpaired) electrons. The van der Waals surface area contributed by atoms with Crippen LogP contribution in [0.15, 0.2) is 34.3 Å². The minimum absolute atomic E-state index is 0.0949. The van der Waals surface area contributed by atoms with Gasteiger partial charge in [0.15, 0.2) is 0 Å². The minimum Gasteiger partial charge on any atom is -0.489 e. The Labute approximate surface area is 122 Å². The first kappa shape index (κ1) is 15.5. The van der Waals surface area contributed by atoms with E-state index in [2.05, 4.69) is 42.0 Å². The molecule has 1 aromatic carbocycles. The highest BCUT2D eigenvalue weighted by Crippen LogP contribution is 2.23. The number of hydrogen-bond acceptors (Lipinski definition) is 2. The smallest absolute Gasteiger partial charge is 0.120 e. The molecule has 18 heavy (non-hydrogen) atoms. The Bertz CT molecular complexity index is 413. The highest BCUT2D eigenvalue weighted by molar-refractivity contribution is 9.10. The summed E-state index contributed by atoms with van der Waals surface area (Å²) in [5.41, 5.74) is 2.73. The van der Waals surface area contributed by atoms with Crippen LogP contribution in [-0.4, -0.2) is 12.1 Å². The van der Waals surface area contributed by atoms with Gasteiger partial charge in [-0.2, -0.15) is 0 Å². The lowest BCUT2D eigenvalue weighted by atomic mass is 10.1. The SMILES string of the molecule is CC(C)(C)NCc1cc(OC/C=C/Cl)ccc1Br. The Balaban J connectivity index is 2.68. The molecule has 100 valence electrons. The fourth-order valence-corrected chi connectivity index (χ4v) is 1.78. The molecule has 0 spiro atoms. The number of hydrogen-bond donors (Lipinski definition) is 1. The van der Waals surface area contributed by atoms with Gasteiger partial charge < -0.3 is 10.1 Å². The molecule has 1 N–H and O–H groups in total. The normalized spacial score (nSPS) is 12.1. The monoisotopic (exact) mass is 331 g/mol. The van der Waals surface area contributed by atoms with Crippen LogP contribution in [0.1, 0.15) is 26.3 Å². The van der Waals surface area contributed by atoms with Crippen molar-refractivity contribution in [1.29, 1.82) is 0 Å². The zero-order valence-corrected chi connectivity index (χ0v) is 13.3. The van der Waals surface area contributed by atoms with E-state index in [1.54, 1.807) is 6.08 Å². The van der Waals surface area contributed by atoms with Gasteiger partial charge in [-0.1, -0.05) is 27.5 Å². The van der Waals surface area contributed by atoms with Gasteiger partial charge in [-0.25, -0.2) is 0 Å². The Morgan fingerprint density at radius 3 is 2.72 bits per heavy atom. The van der Waals surface area contributed by atoms with Crippen molar-refractivity contribution in [2.45, 2.75) is 32.9 Å². The summed E-state index contributed by atoms with van der Waals surface area (Å²) >= 11 is 9.00. The summed E-state index contributed by atoms with van der Waals surface area (Å²) in [5, 5.41) is 3.45. The fourth-order valence-electron chi connectivity index (χ4n) is 1.32. The summed E-state index contributed by atoms with van der Waals surface area (Å²) in [6.07, 6.45) is 1.76. The highest BCUT2D eigenvalue weighted by atomic mass is 79.9. The van der Waals surface area contributed by atoms with E-state index in [1.165, 1.54) is 11.1 Å². The molecule has 0 heterocycles. The van der Waals surface area contributed by atoms with Crippen molar-refractivity contribution < 1.29 is 4.74 Å². The Morgan fingerprint density at radius 1 is 1.39 bits per heavy atom. The zero-order chi connectivity index (χ0) is 13.6. The second-order valence-electron chi connectivity index (χ2n) is 5.03. The molecule has 0 unspecified atom stereocenters. The van der Waals surface area contributed by atoms with Gasteiger partial charge in [0.05, 0.1) is 0 Å². The second kappa shape index (κ2) is 7.17. The molecule has 0 bridgehead atoms. The van der Waals surface area contributed by atoms with Crippen LogP contribution in [0.2, 0.25) is 0 Å². The highest BCUT2D eigenvalue weighted by Gasteiger charge is 2.10. The van der Waals surface area contributed by atoms with E-state index in [0.717, 1.165) is 16.8 Å². The van der Waals surface area contributed by atoms with E-state index in [1.807, 2.05) is 18.2 Å². The molecule has 0 aromatic heterocycles. The number of ether oxygens (including phenoxy) is 1. The average Bonchev–Trinajstić information content (AvgIpc) is 2.29. The van der Waals surface area contributed by atoms with Crippen LogP contribution >= 0.6 is 27.5 Å². The topological polar surface area (TPSA) is 21.3 Å². The summed E-state index contributed by atoms with van der Waals surface area (Å²) in [5.74, 6) is 0.846. The van der Waals surface area contributed by atoms with Gasteiger partial charge in [0.25, 0.3) is 0 Å². The minimum atomic E-state index is 0.0949. The molecule has 0 atom stereocenters. The maximum atomic E-state index is 5.55. The summed E-state index contributed by atoms with van der Waals surface area (Å²) in [7, 11) is 0. The van der Waals surface area contributed by atoms with Crippen molar-refractivity contribution in [2.24, 2.45) is 0 Å². The van der Waals surface area contributed by atoms with Crippen molar-refractivity contribution in [1.82, 2.24) is 5.32 Å². The summed E-state index contributed by atoms with van der Waals surface area (Å²) < 4.78 is 6.64. The van der Waals surface area contributed by atoms with Gasteiger partial charge in [0.2, 0.25) is 0 Å². The Hall–Kier alpha value is -0.510. The van der Waals surface area contributed by atoms with E-state index in [4.69, 9.17) is 16.3 Å². The van der Waals surface area contributed by atoms with Gasteiger partial charge in [0.1, 0.15) is 12.4 Å². The lowest BCUT2D eigenvalue weighted by molar-refractivity contribution is 0.361. The predicted molar refractivity (Wildman–Crippen MR) is 81.2 cm³/mol. The van der Waals surface area contributed by atoms with E-state index in [-0.39, 0.29) is 5.54 Å². The van der Waals surface area contributed by atoms with Gasteiger partial charge >= 0.3 is 0 Å². The molecule has 0 aliphatic heterocycles. The van der Waals surface area contributed by atoms with Crippen LogP contribution in [0, 0.1) is 0 Å². The summed E-state index contributed by atoms with van der Waals surface area (Å²) in [6.45, 7) is 7.72. The molecule has 0 aliphatic rings. The van der Waals surface area contributed by atoms with Crippen LogP contribution in [0.25, 0.3) is 0 Å². The quantitative estimate of drug-likeness (QED) is 0.859. The maximum Gasteiger partial charge on any atom is 0.120 e. The lowest BCUT2D eigenvalue weighted by Crippen LogP contribution is -2.35. The van der Waals surface area contributed by atoms with E-state index in [0.29, 0.717) is 6.61 Å². The van der Waals surface area contributed by atoms with Gasteiger partial charge in [0, 0.05) is 22.1 Å². The lowest BCUT2D eigenvalue weighted by Gasteiger charge is -2.21. The third kappa shape index (κ3) is 5.89. The molecule has 1 rings (SSSR count). The number of halogens is 2. The molecule has 0 fully saturated rings. The van der Waals surface area contributed by atoms with Crippen LogP contribution < -0.4 is 10.1 Å². The molecular weight excluding hydrogens is 314 g/mol. The number of nitrogens with one attached hydrogen (secondary N) is 1. The number of benzene rings is 1. The second-order valence-corrected chi connectivity index (χ2v) is 6.14. The first-order valence-corrected chi connectivity index (χ1v) is 7.07. The summed E-state index contributed by atoms with van der Waals surface area (Å²) in [6, 6.07) is 5.97. The average molecular weight is 333 g/mol. The van der Waals surface area contributed by atoms with Gasteiger partial charge in [-0.3, -0.25) is 0 Å². The molecule has 0 saturated heterocycles. The molecule has 0 amide bonds. The van der Waals surface area contributed by atoms with E-state index < -0.39 is 0 Å². The molecule has 0 saturated carbocycles. The van der Waals surface area contributed by atoms with Crippen LogP contribution in [0.5, 0.6) is 5.75 Å². The summed E-state index contributed by atoms with van der Waals surface area (Å²) in [4.78, 5) is 0. The van der Waals surface area contributed by atoms with Crippen molar-refractivity contribution in [3.05, 3.63) is 39.8 Å². The zero-order valence-electron chi connectivity index (χ0n) is 11.0. The number of rotatable bonds is 5. The first-order valence-electron chi connectivity index (χ1n) is 5.84. The Kier molecular flexibility index (Phi) is 6.19. The molecule has 2 nitrogen and oxygen atoms in total. The van der Waals surface area contributed by atoms with Crippen molar-refractivity contribution in [3.63, 3.8) is 0 Å². The maximum absolute atomic E-state index is 5.55. The molecule has 0 aliphatic carbocycles. The first-order chi connectivity index (χ1) is 8.42.